The fraction of sp³-hybridized carbons (Fsp3) is 0.500. The molecule has 1 atom stereocenters. The van der Waals surface area contributed by atoms with Crippen molar-refractivity contribution in [2.75, 3.05) is 20.7 Å². The fourth-order valence-electron chi connectivity index (χ4n) is 1.87. The maximum atomic E-state index is 9.56. The van der Waals surface area contributed by atoms with Crippen molar-refractivity contribution in [2.24, 2.45) is 0 Å². The number of benzene rings is 1. The Labute approximate surface area is 86.2 Å². The van der Waals surface area contributed by atoms with Crippen LogP contribution in [0.2, 0.25) is 0 Å². The SMILES string of the molecule is CC[C@@](CO)(c1ccccc1)N(C)C. The van der Waals surface area contributed by atoms with Crippen molar-refractivity contribution < 1.29 is 5.11 Å². The minimum absolute atomic E-state index is 0.153. The summed E-state index contributed by atoms with van der Waals surface area (Å²) in [7, 11) is 4.01. The lowest BCUT2D eigenvalue weighted by molar-refractivity contribution is 0.0623. The van der Waals surface area contributed by atoms with Crippen LogP contribution in [0.4, 0.5) is 0 Å². The van der Waals surface area contributed by atoms with E-state index in [0.29, 0.717) is 0 Å². The first-order chi connectivity index (χ1) is 6.67. The summed E-state index contributed by atoms with van der Waals surface area (Å²) in [5.41, 5.74) is 0.941. The second kappa shape index (κ2) is 4.58. The standard InChI is InChI=1S/C12H19NO/c1-4-12(10-14,13(2)3)11-8-6-5-7-9-11/h5-9,14H,4,10H2,1-3H3/t12-/m1/s1. The van der Waals surface area contributed by atoms with Crippen LogP contribution in [0.5, 0.6) is 0 Å². The summed E-state index contributed by atoms with van der Waals surface area (Å²) in [6.45, 7) is 2.25. The molecule has 0 heterocycles. The van der Waals surface area contributed by atoms with Gasteiger partial charge in [0.1, 0.15) is 0 Å². The van der Waals surface area contributed by atoms with E-state index >= 15 is 0 Å². The molecule has 0 aliphatic carbocycles. The van der Waals surface area contributed by atoms with Crippen molar-refractivity contribution in [3.05, 3.63) is 35.9 Å². The fourth-order valence-corrected chi connectivity index (χ4v) is 1.87. The Hall–Kier alpha value is -0.860. The van der Waals surface area contributed by atoms with Crippen molar-refractivity contribution in [3.63, 3.8) is 0 Å². The third-order valence-electron chi connectivity index (χ3n) is 3.01. The molecule has 0 unspecified atom stereocenters. The van der Waals surface area contributed by atoms with Gasteiger partial charge in [-0.1, -0.05) is 37.3 Å². The second-order valence-electron chi connectivity index (χ2n) is 3.80. The van der Waals surface area contributed by atoms with Crippen LogP contribution in [0.15, 0.2) is 30.3 Å². The van der Waals surface area contributed by atoms with Gasteiger partial charge in [0.25, 0.3) is 0 Å². The molecule has 0 aliphatic heterocycles. The largest absolute Gasteiger partial charge is 0.394 e. The van der Waals surface area contributed by atoms with Crippen LogP contribution in [0.1, 0.15) is 18.9 Å². The van der Waals surface area contributed by atoms with E-state index in [9.17, 15) is 5.11 Å². The van der Waals surface area contributed by atoms with Crippen LogP contribution < -0.4 is 0 Å². The summed E-state index contributed by atoms with van der Waals surface area (Å²) in [6.07, 6.45) is 0.903. The molecule has 0 radical (unpaired) electrons. The number of rotatable bonds is 4. The molecule has 0 spiro atoms. The highest BCUT2D eigenvalue weighted by atomic mass is 16.3. The number of hydrogen-bond donors (Lipinski definition) is 1. The minimum Gasteiger partial charge on any atom is -0.394 e. The molecule has 2 nitrogen and oxygen atoms in total. The molecule has 0 saturated carbocycles. The highest BCUT2D eigenvalue weighted by Gasteiger charge is 2.31. The highest BCUT2D eigenvalue weighted by molar-refractivity contribution is 5.24. The third kappa shape index (κ3) is 1.81. The lowest BCUT2D eigenvalue weighted by atomic mass is 9.87. The van der Waals surface area contributed by atoms with Crippen molar-refractivity contribution in [2.45, 2.75) is 18.9 Å². The number of likely N-dealkylation sites (N-methyl/N-ethyl adjacent to an activating group) is 1. The molecule has 14 heavy (non-hydrogen) atoms. The van der Waals surface area contributed by atoms with E-state index in [1.54, 1.807) is 0 Å². The van der Waals surface area contributed by atoms with Crippen LogP contribution in [-0.2, 0) is 5.54 Å². The van der Waals surface area contributed by atoms with E-state index < -0.39 is 0 Å². The number of nitrogens with zero attached hydrogens (tertiary/aromatic N) is 1. The smallest absolute Gasteiger partial charge is 0.0686 e. The van der Waals surface area contributed by atoms with E-state index in [2.05, 4.69) is 24.0 Å². The third-order valence-corrected chi connectivity index (χ3v) is 3.01. The topological polar surface area (TPSA) is 23.5 Å². The molecule has 0 aromatic heterocycles. The molecular formula is C12H19NO. The van der Waals surface area contributed by atoms with Gasteiger partial charge in [-0.3, -0.25) is 4.90 Å². The summed E-state index contributed by atoms with van der Waals surface area (Å²) < 4.78 is 0. The van der Waals surface area contributed by atoms with Gasteiger partial charge in [-0.25, -0.2) is 0 Å². The normalized spacial score (nSPS) is 15.5. The predicted molar refractivity (Wildman–Crippen MR) is 59.2 cm³/mol. The lowest BCUT2D eigenvalue weighted by Gasteiger charge is -2.38. The predicted octanol–water partition coefficient (Wildman–Crippen LogP) is 1.85. The average molecular weight is 193 g/mol. The molecule has 0 saturated heterocycles. The van der Waals surface area contributed by atoms with Crippen LogP contribution >= 0.6 is 0 Å². The molecule has 2 heteroatoms. The van der Waals surface area contributed by atoms with Crippen LogP contribution in [0.25, 0.3) is 0 Å². The molecule has 0 amide bonds. The molecule has 1 aromatic rings. The summed E-state index contributed by atoms with van der Waals surface area (Å²) >= 11 is 0. The lowest BCUT2D eigenvalue weighted by Crippen LogP contribution is -2.44. The van der Waals surface area contributed by atoms with Gasteiger partial charge in [0.05, 0.1) is 12.1 Å². The van der Waals surface area contributed by atoms with Crippen molar-refractivity contribution in [1.29, 1.82) is 0 Å². The van der Waals surface area contributed by atoms with Crippen LogP contribution in [-0.4, -0.2) is 30.7 Å². The summed E-state index contributed by atoms with van der Waals surface area (Å²) in [5, 5.41) is 9.56. The highest BCUT2D eigenvalue weighted by Crippen LogP contribution is 2.29. The molecule has 0 bridgehead atoms. The van der Waals surface area contributed by atoms with Gasteiger partial charge in [-0.15, -0.1) is 0 Å². The Morgan fingerprint density at radius 2 is 1.79 bits per heavy atom. The first-order valence-electron chi connectivity index (χ1n) is 5.01. The maximum Gasteiger partial charge on any atom is 0.0686 e. The number of aliphatic hydroxyl groups is 1. The molecule has 1 aromatic carbocycles. The molecule has 1 rings (SSSR count). The summed E-state index contributed by atoms with van der Waals surface area (Å²) in [6, 6.07) is 10.2. The number of aliphatic hydroxyl groups excluding tert-OH is 1. The van der Waals surface area contributed by atoms with Gasteiger partial charge in [0.2, 0.25) is 0 Å². The van der Waals surface area contributed by atoms with Crippen molar-refractivity contribution in [3.8, 4) is 0 Å². The summed E-state index contributed by atoms with van der Waals surface area (Å²) in [5.74, 6) is 0. The zero-order valence-corrected chi connectivity index (χ0v) is 9.20. The Kier molecular flexibility index (Phi) is 3.67. The van der Waals surface area contributed by atoms with Crippen LogP contribution in [0, 0.1) is 0 Å². The van der Waals surface area contributed by atoms with E-state index in [0.717, 1.165) is 6.42 Å². The monoisotopic (exact) mass is 193 g/mol. The first kappa shape index (κ1) is 11.2. The Morgan fingerprint density at radius 1 is 1.21 bits per heavy atom. The van der Waals surface area contributed by atoms with E-state index in [1.807, 2.05) is 32.3 Å². The maximum absolute atomic E-state index is 9.56. The van der Waals surface area contributed by atoms with E-state index in [4.69, 9.17) is 0 Å². The van der Waals surface area contributed by atoms with Gasteiger partial charge in [0, 0.05) is 0 Å². The van der Waals surface area contributed by atoms with Crippen molar-refractivity contribution in [1.82, 2.24) is 4.90 Å². The molecule has 78 valence electrons. The van der Waals surface area contributed by atoms with E-state index in [1.165, 1.54) is 5.56 Å². The molecular weight excluding hydrogens is 174 g/mol. The zero-order valence-electron chi connectivity index (χ0n) is 9.20. The van der Waals surface area contributed by atoms with Crippen molar-refractivity contribution >= 4 is 0 Å². The van der Waals surface area contributed by atoms with Gasteiger partial charge >= 0.3 is 0 Å². The van der Waals surface area contributed by atoms with Gasteiger partial charge in [-0.2, -0.15) is 0 Å². The number of hydrogen-bond acceptors (Lipinski definition) is 2. The second-order valence-corrected chi connectivity index (χ2v) is 3.80. The Balaban J connectivity index is 3.11. The minimum atomic E-state index is -0.235. The quantitative estimate of drug-likeness (QED) is 0.788. The summed E-state index contributed by atoms with van der Waals surface area (Å²) in [4.78, 5) is 2.09. The molecule has 0 fully saturated rings. The Morgan fingerprint density at radius 3 is 2.14 bits per heavy atom. The zero-order chi connectivity index (χ0) is 10.6. The molecule has 0 aliphatic rings. The first-order valence-corrected chi connectivity index (χ1v) is 5.01. The van der Waals surface area contributed by atoms with Gasteiger partial charge in [0.15, 0.2) is 0 Å². The van der Waals surface area contributed by atoms with Gasteiger partial charge < -0.3 is 5.11 Å². The van der Waals surface area contributed by atoms with E-state index in [-0.39, 0.29) is 12.1 Å². The Bertz CT molecular complexity index is 265. The molecule has 1 N–H and O–H groups in total. The average Bonchev–Trinajstić information content (AvgIpc) is 2.22. The van der Waals surface area contributed by atoms with Crippen LogP contribution in [0.3, 0.4) is 0 Å². The van der Waals surface area contributed by atoms with Gasteiger partial charge in [-0.05, 0) is 26.1 Å².